The van der Waals surface area contributed by atoms with Crippen molar-refractivity contribution < 1.29 is 23.9 Å². The third-order valence-electron chi connectivity index (χ3n) is 2.47. The number of ether oxygens (including phenoxy) is 2. The van der Waals surface area contributed by atoms with Crippen LogP contribution in [0.1, 0.15) is 0 Å². The number of methoxy groups -OCH3 is 1. The van der Waals surface area contributed by atoms with Crippen LogP contribution < -0.4 is 15.5 Å². The van der Waals surface area contributed by atoms with Crippen molar-refractivity contribution in [3.05, 3.63) is 18.5 Å². The average molecular weight is 325 g/mol. The molecule has 0 atom stereocenters. The Bertz CT molecular complexity index is 525. The van der Waals surface area contributed by atoms with E-state index in [4.69, 9.17) is 9.47 Å². The molecule has 0 aliphatic heterocycles. The molecule has 0 unspecified atom stereocenters. The molecule has 0 aromatic carbocycles. The van der Waals surface area contributed by atoms with Gasteiger partial charge in [-0.15, -0.1) is 0 Å². The number of anilines is 1. The number of likely N-dealkylation sites (N-methyl/N-ethyl adjacent to an activating group) is 1. The highest BCUT2D eigenvalue weighted by Crippen LogP contribution is 2.01. The van der Waals surface area contributed by atoms with E-state index >= 15 is 0 Å². The Morgan fingerprint density at radius 3 is 2.61 bits per heavy atom. The standard InChI is InChI=1S/C13H19N5O5/c1-18(12-14-4-3-5-15-12)8-11(20)23-9-10(19)17-13(21)16-6-7-22-2/h3-5H,6-9H2,1-2H3,(H2,16,17,19,21). The Hall–Kier alpha value is -2.75. The highest BCUT2D eigenvalue weighted by Gasteiger charge is 2.13. The molecule has 0 saturated heterocycles. The molecule has 10 heteroatoms. The smallest absolute Gasteiger partial charge is 0.326 e. The second kappa shape index (κ2) is 10.1. The molecule has 1 aromatic heterocycles. The molecule has 23 heavy (non-hydrogen) atoms. The van der Waals surface area contributed by atoms with Gasteiger partial charge in [0.15, 0.2) is 6.61 Å². The van der Waals surface area contributed by atoms with Crippen LogP contribution in [0.15, 0.2) is 18.5 Å². The molecule has 1 heterocycles. The van der Waals surface area contributed by atoms with E-state index in [1.165, 1.54) is 12.0 Å². The number of hydrogen-bond donors (Lipinski definition) is 2. The van der Waals surface area contributed by atoms with Crippen LogP contribution in [0.25, 0.3) is 0 Å². The van der Waals surface area contributed by atoms with E-state index < -0.39 is 24.5 Å². The Morgan fingerprint density at radius 1 is 1.26 bits per heavy atom. The molecule has 0 radical (unpaired) electrons. The third-order valence-corrected chi connectivity index (χ3v) is 2.47. The van der Waals surface area contributed by atoms with E-state index in [2.05, 4.69) is 15.3 Å². The Kier molecular flexibility index (Phi) is 8.00. The number of urea groups is 1. The molecule has 1 rings (SSSR count). The van der Waals surface area contributed by atoms with Crippen molar-refractivity contribution in [3.63, 3.8) is 0 Å². The summed E-state index contributed by atoms with van der Waals surface area (Å²) in [6, 6.07) is 0.968. The zero-order valence-electron chi connectivity index (χ0n) is 12.9. The van der Waals surface area contributed by atoms with Crippen molar-refractivity contribution in [2.45, 2.75) is 0 Å². The molecule has 1 aromatic rings. The second-order valence-corrected chi connectivity index (χ2v) is 4.36. The minimum atomic E-state index is -0.730. The number of aromatic nitrogens is 2. The topological polar surface area (TPSA) is 123 Å². The van der Waals surface area contributed by atoms with E-state index in [0.717, 1.165) is 0 Å². The fourth-order valence-electron chi connectivity index (χ4n) is 1.42. The fourth-order valence-corrected chi connectivity index (χ4v) is 1.42. The van der Waals surface area contributed by atoms with Crippen LogP contribution in [0.2, 0.25) is 0 Å². The number of hydrogen-bond acceptors (Lipinski definition) is 8. The van der Waals surface area contributed by atoms with E-state index in [1.807, 2.05) is 5.32 Å². The molecular weight excluding hydrogens is 306 g/mol. The van der Waals surface area contributed by atoms with Gasteiger partial charge in [0.1, 0.15) is 6.54 Å². The first kappa shape index (κ1) is 18.3. The molecule has 0 fully saturated rings. The summed E-state index contributed by atoms with van der Waals surface area (Å²) < 4.78 is 9.51. The first-order valence-electron chi connectivity index (χ1n) is 6.73. The molecule has 3 amide bonds. The van der Waals surface area contributed by atoms with Crippen molar-refractivity contribution in [2.24, 2.45) is 0 Å². The maximum absolute atomic E-state index is 11.6. The Morgan fingerprint density at radius 2 is 1.96 bits per heavy atom. The lowest BCUT2D eigenvalue weighted by atomic mass is 10.5. The highest BCUT2D eigenvalue weighted by atomic mass is 16.5. The normalized spacial score (nSPS) is 9.83. The number of nitrogens with one attached hydrogen (secondary N) is 2. The quantitative estimate of drug-likeness (QED) is 0.457. The lowest BCUT2D eigenvalue weighted by Gasteiger charge is -2.15. The molecule has 126 valence electrons. The van der Waals surface area contributed by atoms with Gasteiger partial charge in [-0.05, 0) is 6.07 Å². The first-order chi connectivity index (χ1) is 11.0. The lowest BCUT2D eigenvalue weighted by molar-refractivity contribution is -0.146. The number of esters is 1. The second-order valence-electron chi connectivity index (χ2n) is 4.36. The predicted octanol–water partition coefficient (Wildman–Crippen LogP) is -1.07. The van der Waals surface area contributed by atoms with Crippen molar-refractivity contribution in [1.82, 2.24) is 20.6 Å². The van der Waals surface area contributed by atoms with Crippen molar-refractivity contribution in [3.8, 4) is 0 Å². The van der Waals surface area contributed by atoms with Crippen molar-refractivity contribution in [1.29, 1.82) is 0 Å². The zero-order valence-corrected chi connectivity index (χ0v) is 12.9. The van der Waals surface area contributed by atoms with Crippen LogP contribution in [0, 0.1) is 0 Å². The number of imide groups is 1. The van der Waals surface area contributed by atoms with Crippen LogP contribution in [0.3, 0.4) is 0 Å². The predicted molar refractivity (Wildman–Crippen MR) is 79.7 cm³/mol. The van der Waals surface area contributed by atoms with Gasteiger partial charge < -0.3 is 19.7 Å². The van der Waals surface area contributed by atoms with Crippen LogP contribution >= 0.6 is 0 Å². The molecule has 10 nitrogen and oxygen atoms in total. The third kappa shape index (κ3) is 7.71. The van der Waals surface area contributed by atoms with Crippen LogP contribution in [0.4, 0.5) is 10.7 Å². The summed E-state index contributed by atoms with van der Waals surface area (Å²) >= 11 is 0. The van der Waals surface area contributed by atoms with Gasteiger partial charge in [-0.25, -0.2) is 14.8 Å². The largest absolute Gasteiger partial charge is 0.454 e. The summed E-state index contributed by atoms with van der Waals surface area (Å²) in [5.74, 6) is -1.02. The van der Waals surface area contributed by atoms with Gasteiger partial charge in [0.05, 0.1) is 6.61 Å². The van der Waals surface area contributed by atoms with E-state index in [-0.39, 0.29) is 13.1 Å². The molecule has 0 bridgehead atoms. The summed E-state index contributed by atoms with van der Waals surface area (Å²) in [5, 5.41) is 4.41. The van der Waals surface area contributed by atoms with Crippen LogP contribution in [0.5, 0.6) is 0 Å². The van der Waals surface area contributed by atoms with Gasteiger partial charge in [-0.3, -0.25) is 14.9 Å². The number of carbonyl (C=O) groups is 3. The maximum Gasteiger partial charge on any atom is 0.326 e. The van der Waals surface area contributed by atoms with Gasteiger partial charge in [-0.2, -0.15) is 0 Å². The zero-order chi connectivity index (χ0) is 17.1. The molecule has 0 spiro atoms. The van der Waals surface area contributed by atoms with Gasteiger partial charge in [0.25, 0.3) is 5.91 Å². The fraction of sp³-hybridized carbons (Fsp3) is 0.462. The van der Waals surface area contributed by atoms with Crippen molar-refractivity contribution >= 4 is 23.9 Å². The molecule has 0 aliphatic rings. The van der Waals surface area contributed by atoms with Gasteiger partial charge in [0.2, 0.25) is 5.95 Å². The number of rotatable bonds is 8. The number of nitrogens with zero attached hydrogens (tertiary/aromatic N) is 3. The summed E-state index contributed by atoms with van der Waals surface area (Å²) in [6.45, 7) is -0.0981. The van der Waals surface area contributed by atoms with E-state index in [1.54, 1.807) is 25.5 Å². The lowest BCUT2D eigenvalue weighted by Crippen LogP contribution is -2.42. The minimum absolute atomic E-state index is 0.128. The van der Waals surface area contributed by atoms with Gasteiger partial charge in [-0.1, -0.05) is 0 Å². The Labute approximate surface area is 133 Å². The van der Waals surface area contributed by atoms with Crippen LogP contribution in [-0.4, -0.2) is 68.3 Å². The van der Waals surface area contributed by atoms with Gasteiger partial charge in [0, 0.05) is 33.1 Å². The highest BCUT2D eigenvalue weighted by molar-refractivity contribution is 5.95. The minimum Gasteiger partial charge on any atom is -0.454 e. The summed E-state index contributed by atoms with van der Waals surface area (Å²) in [7, 11) is 3.10. The molecule has 2 N–H and O–H groups in total. The SMILES string of the molecule is COCCNC(=O)NC(=O)COC(=O)CN(C)c1ncccn1. The first-order valence-corrected chi connectivity index (χ1v) is 6.73. The molecular formula is C13H19N5O5. The monoisotopic (exact) mass is 325 g/mol. The van der Waals surface area contributed by atoms with E-state index in [9.17, 15) is 14.4 Å². The summed E-state index contributed by atoms with van der Waals surface area (Å²) in [4.78, 5) is 43.7. The van der Waals surface area contributed by atoms with Crippen LogP contribution in [-0.2, 0) is 19.1 Å². The molecule has 0 saturated carbocycles. The Balaban J connectivity index is 2.24. The summed E-state index contributed by atoms with van der Waals surface area (Å²) in [5.41, 5.74) is 0. The van der Waals surface area contributed by atoms with Crippen molar-refractivity contribution in [2.75, 3.05) is 45.4 Å². The number of amides is 3. The molecule has 0 aliphatic carbocycles. The maximum atomic E-state index is 11.6. The average Bonchev–Trinajstić information content (AvgIpc) is 2.54. The van der Waals surface area contributed by atoms with Gasteiger partial charge >= 0.3 is 12.0 Å². The number of carbonyl (C=O) groups excluding carboxylic acids is 3. The summed E-state index contributed by atoms with van der Waals surface area (Å²) in [6.07, 6.45) is 3.08. The van der Waals surface area contributed by atoms with E-state index in [0.29, 0.717) is 12.6 Å².